The number of carboxylic acids is 1. The molecule has 0 amide bonds. The van der Waals surface area contributed by atoms with Gasteiger partial charge >= 0.3 is 5.97 Å². The molecule has 0 heterocycles. The van der Waals surface area contributed by atoms with Crippen LogP contribution in [0.25, 0.3) is 0 Å². The lowest BCUT2D eigenvalue weighted by atomic mass is 10.2. The van der Waals surface area contributed by atoms with Crippen LogP contribution in [0.3, 0.4) is 0 Å². The molecule has 0 atom stereocenters. The SMILES string of the molecule is Nc1cc(OCc2ccccc2Br)ccc1C(=O)O. The number of hydrogen-bond donors (Lipinski definition) is 2. The smallest absolute Gasteiger partial charge is 0.337 e. The molecule has 0 saturated heterocycles. The fraction of sp³-hybridized carbons (Fsp3) is 0.0714. The summed E-state index contributed by atoms with van der Waals surface area (Å²) in [5, 5.41) is 8.87. The van der Waals surface area contributed by atoms with E-state index >= 15 is 0 Å². The Morgan fingerprint density at radius 2 is 2.00 bits per heavy atom. The molecule has 98 valence electrons. The van der Waals surface area contributed by atoms with E-state index in [0.717, 1.165) is 10.0 Å². The molecule has 0 aliphatic heterocycles. The lowest BCUT2D eigenvalue weighted by Crippen LogP contribution is -2.03. The second-order valence-corrected chi connectivity index (χ2v) is 4.79. The van der Waals surface area contributed by atoms with Crippen molar-refractivity contribution in [2.24, 2.45) is 0 Å². The molecule has 19 heavy (non-hydrogen) atoms. The van der Waals surface area contributed by atoms with Crippen LogP contribution in [0.15, 0.2) is 46.9 Å². The largest absolute Gasteiger partial charge is 0.489 e. The van der Waals surface area contributed by atoms with Crippen LogP contribution < -0.4 is 10.5 Å². The van der Waals surface area contributed by atoms with Crippen LogP contribution in [0.2, 0.25) is 0 Å². The van der Waals surface area contributed by atoms with Crippen molar-refractivity contribution in [1.29, 1.82) is 0 Å². The highest BCUT2D eigenvalue weighted by Gasteiger charge is 2.08. The van der Waals surface area contributed by atoms with Crippen LogP contribution in [-0.4, -0.2) is 11.1 Å². The van der Waals surface area contributed by atoms with Gasteiger partial charge in [-0.3, -0.25) is 0 Å². The Hall–Kier alpha value is -2.01. The van der Waals surface area contributed by atoms with Crippen molar-refractivity contribution < 1.29 is 14.6 Å². The molecule has 0 spiro atoms. The minimum absolute atomic E-state index is 0.0771. The number of rotatable bonds is 4. The van der Waals surface area contributed by atoms with Gasteiger partial charge in [0.2, 0.25) is 0 Å². The van der Waals surface area contributed by atoms with Gasteiger partial charge in [0.1, 0.15) is 12.4 Å². The fourth-order valence-electron chi connectivity index (χ4n) is 1.60. The first-order valence-electron chi connectivity index (χ1n) is 5.57. The summed E-state index contributed by atoms with van der Waals surface area (Å²) in [5.74, 6) is -0.506. The summed E-state index contributed by atoms with van der Waals surface area (Å²) < 4.78 is 6.55. The van der Waals surface area contributed by atoms with Gasteiger partial charge in [0.15, 0.2) is 0 Å². The second kappa shape index (κ2) is 5.75. The van der Waals surface area contributed by atoms with Crippen molar-refractivity contribution in [3.05, 3.63) is 58.1 Å². The quantitative estimate of drug-likeness (QED) is 0.847. The highest BCUT2D eigenvalue weighted by Crippen LogP contribution is 2.22. The molecule has 4 nitrogen and oxygen atoms in total. The lowest BCUT2D eigenvalue weighted by molar-refractivity contribution is 0.0698. The molecule has 0 aliphatic rings. The molecule has 2 rings (SSSR count). The number of carboxylic acid groups (broad SMARTS) is 1. The van der Waals surface area contributed by atoms with Crippen molar-refractivity contribution in [3.8, 4) is 5.75 Å². The van der Waals surface area contributed by atoms with Crippen molar-refractivity contribution in [2.75, 3.05) is 5.73 Å². The molecular formula is C14H12BrNO3. The predicted octanol–water partition coefficient (Wildman–Crippen LogP) is 3.31. The minimum atomic E-state index is -1.05. The molecule has 0 aliphatic carbocycles. The first-order valence-corrected chi connectivity index (χ1v) is 6.36. The third-order valence-corrected chi connectivity index (χ3v) is 3.38. The van der Waals surface area contributed by atoms with Crippen molar-refractivity contribution in [3.63, 3.8) is 0 Å². The van der Waals surface area contributed by atoms with E-state index in [4.69, 9.17) is 15.6 Å². The summed E-state index contributed by atoms with van der Waals surface area (Å²) in [7, 11) is 0. The number of hydrogen-bond acceptors (Lipinski definition) is 3. The van der Waals surface area contributed by atoms with E-state index in [1.54, 1.807) is 6.07 Å². The van der Waals surface area contributed by atoms with Gasteiger partial charge in [-0.2, -0.15) is 0 Å². The van der Waals surface area contributed by atoms with Crippen LogP contribution in [0.4, 0.5) is 5.69 Å². The summed E-state index contributed by atoms with van der Waals surface area (Å²) in [6, 6.07) is 12.3. The average molecular weight is 322 g/mol. The van der Waals surface area contributed by atoms with Gasteiger partial charge in [-0.1, -0.05) is 34.1 Å². The highest BCUT2D eigenvalue weighted by atomic mass is 79.9. The Morgan fingerprint density at radius 1 is 1.26 bits per heavy atom. The van der Waals surface area contributed by atoms with E-state index in [-0.39, 0.29) is 11.3 Å². The standard InChI is InChI=1S/C14H12BrNO3/c15-12-4-2-1-3-9(12)8-19-10-5-6-11(14(17)18)13(16)7-10/h1-7H,8,16H2,(H,17,18). The number of benzene rings is 2. The van der Waals surface area contributed by atoms with Crippen LogP contribution in [-0.2, 0) is 6.61 Å². The molecular weight excluding hydrogens is 310 g/mol. The number of carbonyl (C=O) groups is 1. The van der Waals surface area contributed by atoms with E-state index < -0.39 is 5.97 Å². The molecule has 2 aromatic rings. The van der Waals surface area contributed by atoms with E-state index in [2.05, 4.69) is 15.9 Å². The monoisotopic (exact) mass is 321 g/mol. The minimum Gasteiger partial charge on any atom is -0.489 e. The molecule has 0 saturated carbocycles. The summed E-state index contributed by atoms with van der Waals surface area (Å²) in [5.41, 5.74) is 6.92. The maximum atomic E-state index is 10.8. The van der Waals surface area contributed by atoms with Gasteiger partial charge < -0.3 is 15.6 Å². The maximum Gasteiger partial charge on any atom is 0.337 e. The zero-order chi connectivity index (χ0) is 13.8. The molecule has 0 aromatic heterocycles. The predicted molar refractivity (Wildman–Crippen MR) is 76.3 cm³/mol. The molecule has 3 N–H and O–H groups in total. The number of nitrogens with two attached hydrogens (primary N) is 1. The van der Waals surface area contributed by atoms with Crippen molar-refractivity contribution in [2.45, 2.75) is 6.61 Å². The third-order valence-electron chi connectivity index (χ3n) is 2.61. The molecule has 0 radical (unpaired) electrons. The van der Waals surface area contributed by atoms with Crippen molar-refractivity contribution >= 4 is 27.6 Å². The van der Waals surface area contributed by atoms with E-state index in [1.807, 2.05) is 24.3 Å². The highest BCUT2D eigenvalue weighted by molar-refractivity contribution is 9.10. The van der Waals surface area contributed by atoms with Crippen LogP contribution in [0.5, 0.6) is 5.75 Å². The summed E-state index contributed by atoms with van der Waals surface area (Å²) >= 11 is 3.43. The van der Waals surface area contributed by atoms with Gasteiger partial charge in [-0.15, -0.1) is 0 Å². The fourth-order valence-corrected chi connectivity index (χ4v) is 2.00. The normalized spacial score (nSPS) is 10.2. The molecule has 2 aromatic carbocycles. The molecule has 0 fully saturated rings. The summed E-state index contributed by atoms with van der Waals surface area (Å²) in [4.78, 5) is 10.8. The summed E-state index contributed by atoms with van der Waals surface area (Å²) in [6.45, 7) is 0.382. The average Bonchev–Trinajstić information content (AvgIpc) is 2.37. The molecule has 5 heteroatoms. The van der Waals surface area contributed by atoms with Gasteiger partial charge in [-0.25, -0.2) is 4.79 Å². The van der Waals surface area contributed by atoms with Gasteiger partial charge in [-0.05, 0) is 18.2 Å². The first kappa shape index (κ1) is 13.4. The van der Waals surface area contributed by atoms with Crippen LogP contribution >= 0.6 is 15.9 Å². The second-order valence-electron chi connectivity index (χ2n) is 3.93. The Morgan fingerprint density at radius 3 is 2.63 bits per heavy atom. The zero-order valence-electron chi connectivity index (χ0n) is 9.97. The number of aromatic carboxylic acids is 1. The van der Waals surface area contributed by atoms with E-state index in [0.29, 0.717) is 12.4 Å². The van der Waals surface area contributed by atoms with E-state index in [1.165, 1.54) is 12.1 Å². The number of nitrogen functional groups attached to an aromatic ring is 1. The Bertz CT molecular complexity index is 613. The molecule has 0 bridgehead atoms. The number of halogens is 1. The van der Waals surface area contributed by atoms with Gasteiger partial charge in [0, 0.05) is 21.8 Å². The Balaban J connectivity index is 2.11. The lowest BCUT2D eigenvalue weighted by Gasteiger charge is -2.09. The Kier molecular flexibility index (Phi) is 4.06. The first-order chi connectivity index (χ1) is 9.08. The third kappa shape index (κ3) is 3.26. The number of ether oxygens (including phenoxy) is 1. The maximum absolute atomic E-state index is 10.8. The summed E-state index contributed by atoms with van der Waals surface area (Å²) in [6.07, 6.45) is 0. The van der Waals surface area contributed by atoms with Gasteiger partial charge in [0.05, 0.1) is 5.56 Å². The molecule has 0 unspecified atom stereocenters. The number of anilines is 1. The topological polar surface area (TPSA) is 72.5 Å². The van der Waals surface area contributed by atoms with E-state index in [9.17, 15) is 4.79 Å². The zero-order valence-corrected chi connectivity index (χ0v) is 11.6. The van der Waals surface area contributed by atoms with Crippen LogP contribution in [0.1, 0.15) is 15.9 Å². The van der Waals surface area contributed by atoms with Crippen molar-refractivity contribution in [1.82, 2.24) is 0 Å². The Labute approximate surface area is 118 Å². The van der Waals surface area contributed by atoms with Crippen LogP contribution in [0, 0.1) is 0 Å². The van der Waals surface area contributed by atoms with Gasteiger partial charge in [0.25, 0.3) is 0 Å².